The molecular formula is C22H26N2O3S. The Kier molecular flexibility index (Phi) is 6.98. The molecule has 0 aromatic heterocycles. The number of thiol groups is 1. The second kappa shape index (κ2) is 9.64. The van der Waals surface area contributed by atoms with Gasteiger partial charge in [-0.2, -0.15) is 0 Å². The van der Waals surface area contributed by atoms with Gasteiger partial charge in [0.25, 0.3) is 5.91 Å². The van der Waals surface area contributed by atoms with E-state index in [0.29, 0.717) is 49.7 Å². The fourth-order valence-corrected chi connectivity index (χ4v) is 3.61. The second-order valence-electron chi connectivity index (χ2n) is 6.80. The largest absolute Gasteiger partial charge is 0.494 e. The van der Waals surface area contributed by atoms with Gasteiger partial charge >= 0.3 is 0 Å². The van der Waals surface area contributed by atoms with Gasteiger partial charge in [-0.05, 0) is 43.2 Å². The highest BCUT2D eigenvalue weighted by Crippen LogP contribution is 2.17. The first-order valence-corrected chi connectivity index (χ1v) is 10.1. The summed E-state index contributed by atoms with van der Waals surface area (Å²) >= 11 is 4.39. The van der Waals surface area contributed by atoms with Gasteiger partial charge in [0.05, 0.1) is 18.6 Å². The molecule has 0 atom stereocenters. The van der Waals surface area contributed by atoms with Crippen LogP contribution in [0.4, 0.5) is 0 Å². The maximum Gasteiger partial charge on any atom is 0.255 e. The zero-order valence-corrected chi connectivity index (χ0v) is 17.0. The van der Waals surface area contributed by atoms with Crippen molar-refractivity contribution in [2.24, 2.45) is 0 Å². The van der Waals surface area contributed by atoms with Gasteiger partial charge < -0.3 is 14.5 Å². The lowest BCUT2D eigenvalue weighted by atomic mass is 10.1. The van der Waals surface area contributed by atoms with Crippen molar-refractivity contribution in [3.63, 3.8) is 0 Å². The number of hydrogen-bond acceptors (Lipinski definition) is 4. The number of rotatable bonds is 5. The molecule has 1 saturated heterocycles. The highest BCUT2D eigenvalue weighted by Gasteiger charge is 2.23. The molecule has 0 radical (unpaired) electrons. The Balaban J connectivity index is 1.57. The Morgan fingerprint density at radius 3 is 2.36 bits per heavy atom. The summed E-state index contributed by atoms with van der Waals surface area (Å²) in [6.45, 7) is 4.97. The monoisotopic (exact) mass is 398 g/mol. The predicted molar refractivity (Wildman–Crippen MR) is 112 cm³/mol. The minimum Gasteiger partial charge on any atom is -0.494 e. The number of hydrogen-bond donors (Lipinski definition) is 1. The number of ether oxygens (including phenoxy) is 1. The lowest BCUT2D eigenvalue weighted by Crippen LogP contribution is -2.38. The van der Waals surface area contributed by atoms with E-state index < -0.39 is 0 Å². The zero-order chi connectivity index (χ0) is 19.9. The van der Waals surface area contributed by atoms with Crippen LogP contribution in [-0.4, -0.2) is 54.4 Å². The van der Waals surface area contributed by atoms with Gasteiger partial charge in [0.2, 0.25) is 5.91 Å². The highest BCUT2D eigenvalue weighted by molar-refractivity contribution is 7.80. The summed E-state index contributed by atoms with van der Waals surface area (Å²) in [5, 5.41) is 0. The molecule has 1 aliphatic rings. The van der Waals surface area contributed by atoms with Crippen molar-refractivity contribution >= 4 is 24.4 Å². The van der Waals surface area contributed by atoms with Crippen molar-refractivity contribution in [2.75, 3.05) is 32.8 Å². The molecule has 2 aromatic carbocycles. The topological polar surface area (TPSA) is 49.9 Å². The van der Waals surface area contributed by atoms with Gasteiger partial charge in [0, 0.05) is 31.1 Å². The molecule has 2 amide bonds. The molecule has 2 aromatic rings. The average molecular weight is 399 g/mol. The van der Waals surface area contributed by atoms with Gasteiger partial charge in [-0.15, -0.1) is 12.6 Å². The number of benzene rings is 2. The van der Waals surface area contributed by atoms with E-state index in [4.69, 9.17) is 4.74 Å². The first kappa shape index (κ1) is 20.3. The first-order valence-electron chi connectivity index (χ1n) is 9.65. The molecule has 148 valence electrons. The Hall–Kier alpha value is -2.47. The number of carbonyl (C=O) groups excluding carboxylic acids is 2. The van der Waals surface area contributed by atoms with Crippen LogP contribution in [0.1, 0.15) is 29.3 Å². The molecular weight excluding hydrogens is 372 g/mol. The van der Waals surface area contributed by atoms with Crippen LogP contribution in [0, 0.1) is 0 Å². The molecule has 0 N–H and O–H groups in total. The average Bonchev–Trinajstić information content (AvgIpc) is 2.96. The van der Waals surface area contributed by atoms with E-state index in [9.17, 15) is 9.59 Å². The predicted octanol–water partition coefficient (Wildman–Crippen LogP) is 3.29. The van der Waals surface area contributed by atoms with Gasteiger partial charge in [-0.1, -0.05) is 24.3 Å². The van der Waals surface area contributed by atoms with Crippen LogP contribution in [-0.2, 0) is 11.2 Å². The number of nitrogens with zero attached hydrogens (tertiary/aromatic N) is 2. The normalized spacial score (nSPS) is 14.5. The van der Waals surface area contributed by atoms with Crippen LogP contribution in [0.2, 0.25) is 0 Å². The second-order valence-corrected chi connectivity index (χ2v) is 7.28. The van der Waals surface area contributed by atoms with Gasteiger partial charge in [-0.25, -0.2) is 0 Å². The highest BCUT2D eigenvalue weighted by atomic mass is 32.1. The lowest BCUT2D eigenvalue weighted by Gasteiger charge is -2.23. The Morgan fingerprint density at radius 2 is 1.64 bits per heavy atom. The molecule has 0 unspecified atom stereocenters. The quantitative estimate of drug-likeness (QED) is 0.787. The van der Waals surface area contributed by atoms with Gasteiger partial charge in [0.1, 0.15) is 5.75 Å². The third-order valence-corrected chi connectivity index (χ3v) is 5.25. The van der Waals surface area contributed by atoms with E-state index in [-0.39, 0.29) is 11.8 Å². The molecule has 1 fully saturated rings. The summed E-state index contributed by atoms with van der Waals surface area (Å²) in [7, 11) is 0. The zero-order valence-electron chi connectivity index (χ0n) is 16.1. The maximum atomic E-state index is 12.8. The van der Waals surface area contributed by atoms with Crippen LogP contribution in [0.25, 0.3) is 0 Å². The molecule has 1 aliphatic heterocycles. The van der Waals surface area contributed by atoms with Crippen LogP contribution in [0.5, 0.6) is 5.75 Å². The summed E-state index contributed by atoms with van der Waals surface area (Å²) in [6.07, 6.45) is 1.13. The van der Waals surface area contributed by atoms with Crippen molar-refractivity contribution in [3.8, 4) is 5.75 Å². The number of amides is 2. The summed E-state index contributed by atoms with van der Waals surface area (Å²) in [4.78, 5) is 29.9. The minimum absolute atomic E-state index is 0.0218. The summed E-state index contributed by atoms with van der Waals surface area (Å²) in [5.74, 6) is 0.881. The molecule has 0 bridgehead atoms. The fraction of sp³-hybridized carbons (Fsp3) is 0.364. The molecule has 0 aliphatic carbocycles. The first-order chi connectivity index (χ1) is 13.6. The fourth-order valence-electron chi connectivity index (χ4n) is 3.35. The standard InChI is InChI=1S/C22H26N2O3S/c1-2-27-18-10-8-17(9-11-18)16-21(25)23-12-5-13-24(15-14-23)22(26)19-6-3-4-7-20(19)28/h3-4,6-11,28H,2,5,12-16H2,1H3. The van der Waals surface area contributed by atoms with E-state index in [1.807, 2.05) is 59.2 Å². The summed E-state index contributed by atoms with van der Waals surface area (Å²) in [6, 6.07) is 15.0. The van der Waals surface area contributed by atoms with Crippen molar-refractivity contribution in [1.29, 1.82) is 0 Å². The van der Waals surface area contributed by atoms with Gasteiger partial charge in [0.15, 0.2) is 0 Å². The van der Waals surface area contributed by atoms with Crippen molar-refractivity contribution in [1.82, 2.24) is 9.80 Å². The smallest absolute Gasteiger partial charge is 0.255 e. The molecule has 28 heavy (non-hydrogen) atoms. The molecule has 0 spiro atoms. The summed E-state index contributed by atoms with van der Waals surface area (Å²) in [5.41, 5.74) is 1.58. The molecule has 0 saturated carbocycles. The SMILES string of the molecule is CCOc1ccc(CC(=O)N2CCCN(C(=O)c3ccccc3S)CC2)cc1. The van der Waals surface area contributed by atoms with Gasteiger partial charge in [-0.3, -0.25) is 9.59 Å². The van der Waals surface area contributed by atoms with E-state index >= 15 is 0 Å². The molecule has 1 heterocycles. The third-order valence-electron chi connectivity index (χ3n) is 4.86. The Bertz CT molecular complexity index is 823. The van der Waals surface area contributed by atoms with Crippen molar-refractivity contribution in [2.45, 2.75) is 24.7 Å². The van der Waals surface area contributed by atoms with Crippen LogP contribution in [0.15, 0.2) is 53.4 Å². The molecule has 3 rings (SSSR count). The van der Waals surface area contributed by atoms with E-state index in [2.05, 4.69) is 12.6 Å². The lowest BCUT2D eigenvalue weighted by molar-refractivity contribution is -0.130. The van der Waals surface area contributed by atoms with Crippen LogP contribution >= 0.6 is 12.6 Å². The van der Waals surface area contributed by atoms with Crippen LogP contribution < -0.4 is 4.74 Å². The minimum atomic E-state index is -0.0218. The third kappa shape index (κ3) is 5.07. The van der Waals surface area contributed by atoms with E-state index in [0.717, 1.165) is 17.7 Å². The Morgan fingerprint density at radius 1 is 0.964 bits per heavy atom. The molecule has 5 nitrogen and oxygen atoms in total. The Labute approximate surface area is 171 Å². The van der Waals surface area contributed by atoms with Crippen LogP contribution in [0.3, 0.4) is 0 Å². The maximum absolute atomic E-state index is 12.8. The van der Waals surface area contributed by atoms with Crippen molar-refractivity contribution < 1.29 is 14.3 Å². The van der Waals surface area contributed by atoms with E-state index in [1.54, 1.807) is 6.07 Å². The number of carbonyl (C=O) groups is 2. The molecule has 6 heteroatoms. The van der Waals surface area contributed by atoms with Crippen molar-refractivity contribution in [3.05, 3.63) is 59.7 Å². The summed E-state index contributed by atoms with van der Waals surface area (Å²) < 4.78 is 5.44. The van der Waals surface area contributed by atoms with E-state index in [1.165, 1.54) is 0 Å².